The molecule has 0 aliphatic heterocycles. The van der Waals surface area contributed by atoms with E-state index in [0.717, 1.165) is 0 Å². The van der Waals surface area contributed by atoms with Gasteiger partial charge in [0.15, 0.2) is 16.1 Å². The van der Waals surface area contributed by atoms with E-state index in [1.54, 1.807) is 0 Å². The van der Waals surface area contributed by atoms with Crippen molar-refractivity contribution in [2.45, 2.75) is 57.8 Å². The Morgan fingerprint density at radius 2 is 0.433 bits per heavy atom. The summed E-state index contributed by atoms with van der Waals surface area (Å²) in [7, 11) is -5.60. The number of fused-ring (bicyclic) bond motifs is 11. The zero-order valence-corrected chi connectivity index (χ0v) is 57.8. The molecule has 0 aromatic heterocycles. The van der Waals surface area contributed by atoms with Crippen molar-refractivity contribution in [3.8, 4) is 66.8 Å². The van der Waals surface area contributed by atoms with Crippen molar-refractivity contribution in [3.63, 3.8) is 0 Å². The number of hydrogen-bond acceptors (Lipinski definition) is 0. The van der Waals surface area contributed by atoms with Gasteiger partial charge >= 0.3 is 0 Å². The maximum Gasteiger partial charge on any atom is 0.179 e. The minimum absolute atomic E-state index is 0.128. The van der Waals surface area contributed by atoms with E-state index in [2.05, 4.69) is 381 Å². The van der Waals surface area contributed by atoms with Gasteiger partial charge in [-0.3, -0.25) is 0 Å². The molecule has 0 N–H and O–H groups in total. The molecule has 0 fully saturated rings. The highest BCUT2D eigenvalue weighted by molar-refractivity contribution is 7.20. The van der Waals surface area contributed by atoms with Crippen LogP contribution >= 0.6 is 0 Å². The molecule has 0 saturated heterocycles. The Bertz CT molecular complexity index is 5440. The molecule has 0 atom stereocenters. The van der Waals surface area contributed by atoms with Crippen LogP contribution in [0, 0.1) is 0 Å². The van der Waals surface area contributed by atoms with Crippen LogP contribution in [0.25, 0.3) is 88.3 Å². The van der Waals surface area contributed by atoms with E-state index >= 15 is 0 Å². The summed E-state index contributed by atoms with van der Waals surface area (Å²) >= 11 is 0. The van der Waals surface area contributed by atoms with Crippen molar-refractivity contribution in [1.82, 2.24) is 0 Å². The van der Waals surface area contributed by atoms with E-state index in [0.29, 0.717) is 0 Å². The summed E-state index contributed by atoms with van der Waals surface area (Å²) in [4.78, 5) is 0. The molecule has 0 radical (unpaired) electrons. The third kappa shape index (κ3) is 8.66. The zero-order chi connectivity index (χ0) is 65.4. The van der Waals surface area contributed by atoms with Crippen molar-refractivity contribution in [1.29, 1.82) is 0 Å². The predicted molar refractivity (Wildman–Crippen MR) is 418 cm³/mol. The second-order valence-electron chi connectivity index (χ2n) is 29.0. The van der Waals surface area contributed by atoms with Crippen molar-refractivity contribution in [2.24, 2.45) is 0 Å². The average molecular weight is 1270 g/mol. The molecule has 0 heterocycles. The lowest BCUT2D eigenvalue weighted by atomic mass is 9.79. The lowest BCUT2D eigenvalue weighted by Crippen LogP contribution is -2.74. The van der Waals surface area contributed by atoms with Gasteiger partial charge in [0.25, 0.3) is 0 Å². The van der Waals surface area contributed by atoms with Gasteiger partial charge in [0.2, 0.25) is 0 Å². The van der Waals surface area contributed by atoms with Gasteiger partial charge in [-0.05, 0) is 187 Å². The van der Waals surface area contributed by atoms with Gasteiger partial charge < -0.3 is 0 Å². The van der Waals surface area contributed by atoms with Crippen LogP contribution in [-0.2, 0) is 16.2 Å². The lowest BCUT2D eigenvalue weighted by molar-refractivity contribution is 0.660. The summed E-state index contributed by atoms with van der Waals surface area (Å²) in [6.07, 6.45) is 0. The molecule has 15 aromatic carbocycles. The number of benzene rings is 15. The topological polar surface area (TPSA) is 0 Å². The first-order valence-corrected chi connectivity index (χ1v) is 38.5. The van der Waals surface area contributed by atoms with E-state index in [1.807, 2.05) is 0 Å². The molecule has 0 bridgehead atoms. The minimum atomic E-state index is -2.80. The summed E-state index contributed by atoms with van der Waals surface area (Å²) in [5.41, 5.74) is 23.0. The van der Waals surface area contributed by atoms with Gasteiger partial charge in [0.1, 0.15) is 0 Å². The Kier molecular flexibility index (Phi) is 13.4. The lowest BCUT2D eigenvalue weighted by Gasteiger charge is -2.35. The van der Waals surface area contributed by atoms with Crippen LogP contribution in [0.3, 0.4) is 0 Å². The van der Waals surface area contributed by atoms with Crippen LogP contribution in [0.5, 0.6) is 0 Å². The SMILES string of the molecule is CC1(C)c2ccccc2-c2ccc(-c3ccc4c(-c5ccc6c(c5)C(C)(C)c5cc([Si](c7ccccc7)(c7ccccc7)c7ccccc7)ccc5-6)c5ccccc5c(-c5ccc6c(c5)C(C)(C)c5cc([Si](c7ccccc7)(c7ccccc7)c7ccccc7)ccc5-6)c4c3)cc21. The van der Waals surface area contributed by atoms with Crippen LogP contribution in [0.15, 0.2) is 340 Å². The van der Waals surface area contributed by atoms with Gasteiger partial charge in [-0.25, -0.2) is 0 Å². The van der Waals surface area contributed by atoms with E-state index in [4.69, 9.17) is 0 Å². The molecular formula is C95H74Si2. The molecule has 0 saturated carbocycles. The largest absolute Gasteiger partial charge is 0.179 e. The molecule has 2 heteroatoms. The monoisotopic (exact) mass is 1270 g/mol. The molecule has 462 valence electrons. The van der Waals surface area contributed by atoms with Crippen molar-refractivity contribution in [2.75, 3.05) is 0 Å². The minimum Gasteiger partial charge on any atom is -0.0623 e. The Morgan fingerprint density at radius 1 is 0.175 bits per heavy atom. The van der Waals surface area contributed by atoms with Crippen molar-refractivity contribution in [3.05, 3.63) is 373 Å². The number of hydrogen-bond donors (Lipinski definition) is 0. The first-order chi connectivity index (χ1) is 47.4. The fourth-order valence-electron chi connectivity index (χ4n) is 18.2. The normalized spacial score (nSPS) is 14.3. The molecule has 3 aliphatic carbocycles. The van der Waals surface area contributed by atoms with Crippen LogP contribution in [0.1, 0.15) is 74.9 Å². The van der Waals surface area contributed by atoms with Crippen molar-refractivity contribution < 1.29 is 0 Å². The molecule has 97 heavy (non-hydrogen) atoms. The number of rotatable bonds is 11. The van der Waals surface area contributed by atoms with Gasteiger partial charge in [0, 0.05) is 16.2 Å². The summed E-state index contributed by atoms with van der Waals surface area (Å²) in [5.74, 6) is 0. The van der Waals surface area contributed by atoms with Gasteiger partial charge in [0.05, 0.1) is 0 Å². The van der Waals surface area contributed by atoms with E-state index < -0.39 is 16.1 Å². The molecule has 3 aliphatic rings. The van der Waals surface area contributed by atoms with Crippen LogP contribution < -0.4 is 41.5 Å². The molecule has 18 rings (SSSR count). The Morgan fingerprint density at radius 3 is 0.825 bits per heavy atom. The fraction of sp³-hybridized carbons (Fsp3) is 0.0947. The summed E-state index contributed by atoms with van der Waals surface area (Å²) in [6.45, 7) is 14.7. The van der Waals surface area contributed by atoms with E-state index in [1.165, 1.54) is 163 Å². The highest BCUT2D eigenvalue weighted by Gasteiger charge is 2.47. The molecule has 15 aromatic rings. The van der Waals surface area contributed by atoms with Crippen molar-refractivity contribution >= 4 is 79.2 Å². The zero-order valence-electron chi connectivity index (χ0n) is 55.8. The summed E-state index contributed by atoms with van der Waals surface area (Å²) in [5, 5.41) is 16.1. The second-order valence-corrected chi connectivity index (χ2v) is 36.6. The van der Waals surface area contributed by atoms with Crippen LogP contribution in [0.2, 0.25) is 0 Å². The molecule has 0 unspecified atom stereocenters. The first kappa shape index (κ1) is 58.8. The van der Waals surface area contributed by atoms with Crippen LogP contribution in [-0.4, -0.2) is 16.1 Å². The Balaban J connectivity index is 0.816. The molecule has 0 spiro atoms. The molecule has 0 nitrogen and oxygen atoms in total. The Labute approximate surface area is 573 Å². The summed E-state index contributed by atoms with van der Waals surface area (Å²) < 4.78 is 0. The Hall–Kier alpha value is -10.7. The summed E-state index contributed by atoms with van der Waals surface area (Å²) in [6, 6.07) is 131. The maximum absolute atomic E-state index is 2.80. The second kappa shape index (κ2) is 22.2. The van der Waals surface area contributed by atoms with Gasteiger partial charge in [-0.1, -0.05) is 357 Å². The first-order valence-electron chi connectivity index (χ1n) is 34.5. The average Bonchev–Trinajstić information content (AvgIpc) is 1.69. The fourth-order valence-corrected chi connectivity index (χ4v) is 27.8. The van der Waals surface area contributed by atoms with Gasteiger partial charge in [-0.15, -0.1) is 0 Å². The predicted octanol–water partition coefficient (Wildman–Crippen LogP) is 18.7. The smallest absolute Gasteiger partial charge is 0.0623 e. The maximum atomic E-state index is 2.61. The molecule has 0 amide bonds. The van der Waals surface area contributed by atoms with E-state index in [-0.39, 0.29) is 16.2 Å². The third-order valence-electron chi connectivity index (χ3n) is 23.0. The van der Waals surface area contributed by atoms with E-state index in [9.17, 15) is 0 Å². The van der Waals surface area contributed by atoms with Gasteiger partial charge in [-0.2, -0.15) is 0 Å². The highest BCUT2D eigenvalue weighted by Crippen LogP contribution is 2.55. The third-order valence-corrected chi connectivity index (χ3v) is 32.5. The van der Waals surface area contributed by atoms with Crippen LogP contribution in [0.4, 0.5) is 0 Å². The molecular weight excluding hydrogens is 1200 g/mol. The quantitative estimate of drug-likeness (QED) is 0.0688. The standard InChI is InChI=1S/C95H74Si2/c1-93(2)85-44-28-27-41-75(85)76-51-45-64(58-86(76)93)63-46-54-83-84(57-63)92(66-48-53-78-80-56-50-74(62-90(80)95(5,6)88(78)60-66)97(70-35-19-10-20-36-70,71-37-21-11-22-38-71)72-39-23-12-24-40-72)82-43-26-25-42-81(82)91(83)65-47-52-77-79-55-49-73(61-89(79)94(3,4)87(77)59-65)96(67-29-13-7-14-30-67,68-31-15-8-16-32-68)69-33-17-9-18-34-69/h7-62H,1-6H3. The highest BCUT2D eigenvalue weighted by atomic mass is 28.3.